The number of aromatic nitrogens is 2. The lowest BCUT2D eigenvalue weighted by atomic mass is 10.0. The van der Waals surface area contributed by atoms with Crippen LogP contribution in [0.4, 0.5) is 10.1 Å². The van der Waals surface area contributed by atoms with Crippen LogP contribution in [0.25, 0.3) is 0 Å². The van der Waals surface area contributed by atoms with Crippen molar-refractivity contribution in [2.75, 3.05) is 25.0 Å². The fraction of sp³-hybridized carbons (Fsp3) is 0.333. The first-order chi connectivity index (χ1) is 11.1. The minimum absolute atomic E-state index is 0.124. The number of amides is 1. The van der Waals surface area contributed by atoms with Gasteiger partial charge in [-0.05, 0) is 31.2 Å². The van der Waals surface area contributed by atoms with E-state index in [-0.39, 0.29) is 23.3 Å². The predicted octanol–water partition coefficient (Wildman–Crippen LogP) is 2.30. The molecule has 1 fully saturated rings. The summed E-state index contributed by atoms with van der Waals surface area (Å²) in [7, 11) is 0. The van der Waals surface area contributed by atoms with Gasteiger partial charge in [0.25, 0.3) is 5.91 Å². The highest BCUT2D eigenvalue weighted by atomic mass is 35.5. The molecule has 1 amide bonds. The van der Waals surface area contributed by atoms with E-state index >= 15 is 0 Å². The van der Waals surface area contributed by atoms with Crippen LogP contribution in [0.1, 0.15) is 18.0 Å². The van der Waals surface area contributed by atoms with Crippen molar-refractivity contribution in [2.45, 2.75) is 12.3 Å². The Hall–Kier alpha value is -2.12. The highest BCUT2D eigenvalue weighted by Gasteiger charge is 2.22. The summed E-state index contributed by atoms with van der Waals surface area (Å²) in [5.74, 6) is -0.227. The van der Waals surface area contributed by atoms with Gasteiger partial charge in [0.05, 0.1) is 22.6 Å². The average Bonchev–Trinajstić information content (AvgIpc) is 3.17. The molecule has 0 aliphatic carbocycles. The van der Waals surface area contributed by atoms with E-state index in [1.54, 1.807) is 6.20 Å². The molecule has 0 saturated carbocycles. The number of hydrogen-bond donors (Lipinski definition) is 3. The Balaban J connectivity index is 1.58. The molecule has 1 aromatic heterocycles. The Kier molecular flexibility index (Phi) is 4.78. The van der Waals surface area contributed by atoms with Crippen LogP contribution in [0.15, 0.2) is 24.4 Å². The van der Waals surface area contributed by atoms with E-state index in [9.17, 15) is 9.18 Å². The molecule has 0 spiro atoms. The second-order valence-corrected chi connectivity index (χ2v) is 5.71. The number of aromatic amines is 1. The number of benzene rings is 1. The van der Waals surface area contributed by atoms with Gasteiger partial charge in [-0.2, -0.15) is 5.10 Å². The topological polar surface area (TPSA) is 79.0 Å². The first-order valence-electron chi connectivity index (χ1n) is 7.25. The highest BCUT2D eigenvalue weighted by molar-refractivity contribution is 6.32. The fourth-order valence-electron chi connectivity index (χ4n) is 2.53. The normalized spacial score (nSPS) is 17.2. The Morgan fingerprint density at radius 3 is 3.13 bits per heavy atom. The minimum Gasteiger partial charge on any atom is -0.482 e. The fourth-order valence-corrected chi connectivity index (χ4v) is 2.75. The van der Waals surface area contributed by atoms with Gasteiger partial charge >= 0.3 is 0 Å². The van der Waals surface area contributed by atoms with Crippen LogP contribution in [-0.2, 0) is 4.79 Å². The second-order valence-electron chi connectivity index (χ2n) is 5.30. The van der Waals surface area contributed by atoms with Crippen LogP contribution >= 0.6 is 11.6 Å². The molecule has 3 rings (SSSR count). The Labute approximate surface area is 137 Å². The van der Waals surface area contributed by atoms with Gasteiger partial charge in [0, 0.05) is 12.5 Å². The standard InChI is InChI=1S/C15H16ClFN4O2/c16-11-5-10(17)1-2-13(11)23-8-14(22)20-12-7-19-21-15(12)9-3-4-18-6-9/h1-2,5,7,9,18H,3-4,6,8H2,(H,19,21)(H,20,22). The van der Waals surface area contributed by atoms with Crippen LogP contribution in [0.2, 0.25) is 5.02 Å². The first kappa shape index (κ1) is 15.8. The molecule has 1 unspecified atom stereocenters. The number of anilines is 1. The molecule has 23 heavy (non-hydrogen) atoms. The van der Waals surface area contributed by atoms with Gasteiger partial charge in [-0.15, -0.1) is 0 Å². The maximum Gasteiger partial charge on any atom is 0.262 e. The number of hydrogen-bond acceptors (Lipinski definition) is 4. The summed E-state index contributed by atoms with van der Waals surface area (Å²) in [6, 6.07) is 3.74. The number of ether oxygens (including phenoxy) is 1. The van der Waals surface area contributed by atoms with Crippen LogP contribution in [0.5, 0.6) is 5.75 Å². The molecule has 8 heteroatoms. The van der Waals surface area contributed by atoms with Crippen molar-refractivity contribution in [3.8, 4) is 5.75 Å². The first-order valence-corrected chi connectivity index (χ1v) is 7.63. The van der Waals surface area contributed by atoms with Crippen molar-refractivity contribution in [2.24, 2.45) is 0 Å². The molecule has 0 radical (unpaired) electrons. The number of carbonyl (C=O) groups is 1. The van der Waals surface area contributed by atoms with Gasteiger partial charge in [0.1, 0.15) is 11.6 Å². The van der Waals surface area contributed by atoms with Crippen molar-refractivity contribution in [1.82, 2.24) is 15.5 Å². The van der Waals surface area contributed by atoms with E-state index in [1.165, 1.54) is 12.1 Å². The predicted molar refractivity (Wildman–Crippen MR) is 84.4 cm³/mol. The molecule has 1 aromatic carbocycles. The van der Waals surface area contributed by atoms with E-state index in [0.29, 0.717) is 11.6 Å². The summed E-state index contributed by atoms with van der Waals surface area (Å²) in [6.07, 6.45) is 2.57. The summed E-state index contributed by atoms with van der Waals surface area (Å²) in [6.45, 7) is 1.58. The van der Waals surface area contributed by atoms with Gasteiger partial charge < -0.3 is 15.4 Å². The molecule has 1 aliphatic heterocycles. The van der Waals surface area contributed by atoms with Gasteiger partial charge in [0.15, 0.2) is 6.61 Å². The quantitative estimate of drug-likeness (QED) is 0.781. The summed E-state index contributed by atoms with van der Waals surface area (Å²) < 4.78 is 18.3. The van der Waals surface area contributed by atoms with Crippen molar-refractivity contribution in [1.29, 1.82) is 0 Å². The molecular formula is C15H16ClFN4O2. The third-order valence-corrected chi connectivity index (χ3v) is 3.96. The molecule has 3 N–H and O–H groups in total. The van der Waals surface area contributed by atoms with Crippen molar-refractivity contribution in [3.63, 3.8) is 0 Å². The lowest BCUT2D eigenvalue weighted by molar-refractivity contribution is -0.118. The SMILES string of the molecule is O=C(COc1ccc(F)cc1Cl)Nc1cn[nH]c1C1CCNC1. The van der Waals surface area contributed by atoms with E-state index in [0.717, 1.165) is 31.3 Å². The molecule has 1 atom stereocenters. The van der Waals surface area contributed by atoms with Gasteiger partial charge in [-0.25, -0.2) is 4.39 Å². The lowest BCUT2D eigenvalue weighted by Gasteiger charge is -2.11. The Morgan fingerprint density at radius 2 is 2.39 bits per heavy atom. The maximum atomic E-state index is 13.0. The smallest absolute Gasteiger partial charge is 0.262 e. The zero-order chi connectivity index (χ0) is 16.2. The summed E-state index contributed by atoms with van der Waals surface area (Å²) in [5.41, 5.74) is 1.56. The number of H-pyrrole nitrogens is 1. The molecular weight excluding hydrogens is 323 g/mol. The Morgan fingerprint density at radius 1 is 1.52 bits per heavy atom. The monoisotopic (exact) mass is 338 g/mol. The van der Waals surface area contributed by atoms with Crippen LogP contribution in [-0.4, -0.2) is 35.8 Å². The van der Waals surface area contributed by atoms with E-state index < -0.39 is 5.82 Å². The maximum absolute atomic E-state index is 13.0. The van der Waals surface area contributed by atoms with E-state index in [4.69, 9.17) is 16.3 Å². The summed E-state index contributed by atoms with van der Waals surface area (Å²) in [5, 5.41) is 13.1. The number of carbonyl (C=O) groups excluding carboxylic acids is 1. The van der Waals surface area contributed by atoms with Crippen LogP contribution < -0.4 is 15.4 Å². The number of nitrogens with one attached hydrogen (secondary N) is 3. The van der Waals surface area contributed by atoms with E-state index in [1.807, 2.05) is 0 Å². The van der Waals surface area contributed by atoms with Crippen LogP contribution in [0.3, 0.4) is 0 Å². The largest absolute Gasteiger partial charge is 0.482 e. The zero-order valence-electron chi connectivity index (χ0n) is 12.2. The minimum atomic E-state index is -0.458. The van der Waals surface area contributed by atoms with Gasteiger partial charge in [-0.1, -0.05) is 11.6 Å². The summed E-state index contributed by atoms with van der Waals surface area (Å²) >= 11 is 5.85. The molecule has 1 aliphatic rings. The van der Waals surface area contributed by atoms with Gasteiger partial charge in [0.2, 0.25) is 0 Å². The molecule has 1 saturated heterocycles. The summed E-state index contributed by atoms with van der Waals surface area (Å²) in [4.78, 5) is 12.0. The van der Waals surface area contributed by atoms with E-state index in [2.05, 4.69) is 20.8 Å². The molecule has 2 aromatic rings. The molecule has 6 nitrogen and oxygen atoms in total. The molecule has 2 heterocycles. The average molecular weight is 339 g/mol. The third-order valence-electron chi connectivity index (χ3n) is 3.66. The van der Waals surface area contributed by atoms with Crippen LogP contribution in [0, 0.1) is 5.82 Å². The van der Waals surface area contributed by atoms with Crippen molar-refractivity contribution in [3.05, 3.63) is 40.9 Å². The second kappa shape index (κ2) is 6.97. The third kappa shape index (κ3) is 3.80. The van der Waals surface area contributed by atoms with Crippen molar-refractivity contribution >= 4 is 23.2 Å². The number of halogens is 2. The van der Waals surface area contributed by atoms with Gasteiger partial charge in [-0.3, -0.25) is 9.89 Å². The molecule has 0 bridgehead atoms. The van der Waals surface area contributed by atoms with Crippen molar-refractivity contribution < 1.29 is 13.9 Å². The zero-order valence-corrected chi connectivity index (χ0v) is 13.0. The molecule has 122 valence electrons. The lowest BCUT2D eigenvalue weighted by Crippen LogP contribution is -2.21. The highest BCUT2D eigenvalue weighted by Crippen LogP contribution is 2.27. The number of rotatable bonds is 5. The Bertz CT molecular complexity index is 701. The number of nitrogens with zero attached hydrogens (tertiary/aromatic N) is 1.